The van der Waals surface area contributed by atoms with Crippen molar-refractivity contribution < 1.29 is 23.9 Å². The molecule has 4 aromatic rings. The monoisotopic (exact) mass is 633 g/mol. The van der Waals surface area contributed by atoms with Gasteiger partial charge in [-0.1, -0.05) is 42.1 Å². The largest absolute Gasteiger partial charge is 0.484 e. The number of thioether (sulfide) groups is 1. The van der Waals surface area contributed by atoms with E-state index in [2.05, 4.69) is 20.8 Å². The minimum absolute atomic E-state index is 0.113. The predicted octanol–water partition coefficient (Wildman–Crippen LogP) is 5.43. The van der Waals surface area contributed by atoms with Crippen LogP contribution in [-0.4, -0.2) is 51.0 Å². The molecule has 0 spiro atoms. The Bertz CT molecular complexity index is 1670. The SMILES string of the molecule is CCOC(=O)c1c(NC(=O)[C@H](C)Sc2nnc(CNC(=O)COc3ccccc3)n2-c2cccc(C)c2C)sc2c1CCC2. The lowest BCUT2D eigenvalue weighted by Crippen LogP contribution is -2.29. The molecule has 0 radical (unpaired) electrons. The lowest BCUT2D eigenvalue weighted by atomic mass is 10.1. The first-order valence-corrected chi connectivity index (χ1v) is 16.2. The minimum atomic E-state index is -0.572. The summed E-state index contributed by atoms with van der Waals surface area (Å²) in [4.78, 5) is 39.9. The van der Waals surface area contributed by atoms with Gasteiger partial charge in [-0.25, -0.2) is 4.79 Å². The van der Waals surface area contributed by atoms with Crippen molar-refractivity contribution in [3.63, 3.8) is 0 Å². The van der Waals surface area contributed by atoms with Gasteiger partial charge in [0.05, 0.1) is 29.7 Å². The molecule has 2 N–H and O–H groups in total. The Balaban J connectivity index is 1.33. The molecular formula is C32H35N5O5S2. The van der Waals surface area contributed by atoms with Gasteiger partial charge in [0, 0.05) is 4.88 Å². The van der Waals surface area contributed by atoms with Crippen LogP contribution in [0.1, 0.15) is 58.0 Å². The maximum atomic E-state index is 13.5. The molecule has 2 heterocycles. The number of aromatic nitrogens is 3. The van der Waals surface area contributed by atoms with Gasteiger partial charge in [0.25, 0.3) is 5.91 Å². The first-order valence-electron chi connectivity index (χ1n) is 14.5. The van der Waals surface area contributed by atoms with Gasteiger partial charge in [-0.3, -0.25) is 14.2 Å². The van der Waals surface area contributed by atoms with Crippen molar-refractivity contribution >= 4 is 45.9 Å². The summed E-state index contributed by atoms with van der Waals surface area (Å²) >= 11 is 2.70. The van der Waals surface area contributed by atoms with Gasteiger partial charge in [0.2, 0.25) is 5.91 Å². The van der Waals surface area contributed by atoms with Crippen molar-refractivity contribution in [3.8, 4) is 11.4 Å². The zero-order valence-electron chi connectivity index (χ0n) is 25.1. The Hall–Kier alpha value is -4.16. The van der Waals surface area contributed by atoms with Crippen LogP contribution < -0.4 is 15.4 Å². The first-order chi connectivity index (χ1) is 21.3. The Morgan fingerprint density at radius 1 is 1.07 bits per heavy atom. The third-order valence-corrected chi connectivity index (χ3v) is 9.61. The molecule has 5 rings (SSSR count). The quantitative estimate of drug-likeness (QED) is 0.157. The fraction of sp³-hybridized carbons (Fsp3) is 0.344. The molecule has 2 amide bonds. The molecule has 0 fully saturated rings. The van der Waals surface area contributed by atoms with Crippen LogP contribution in [0.15, 0.2) is 53.7 Å². The second-order valence-corrected chi connectivity index (χ2v) is 12.8. The van der Waals surface area contributed by atoms with E-state index in [-0.39, 0.29) is 31.6 Å². The lowest BCUT2D eigenvalue weighted by molar-refractivity contribution is -0.123. The molecule has 0 aliphatic heterocycles. The zero-order chi connectivity index (χ0) is 31.2. The van der Waals surface area contributed by atoms with Crippen molar-refractivity contribution in [1.29, 1.82) is 0 Å². The number of ether oxygens (including phenoxy) is 2. The number of hydrogen-bond acceptors (Lipinski definition) is 9. The van der Waals surface area contributed by atoms with E-state index in [1.807, 2.05) is 54.8 Å². The second kappa shape index (κ2) is 14.1. The Morgan fingerprint density at radius 3 is 2.64 bits per heavy atom. The van der Waals surface area contributed by atoms with Gasteiger partial charge in [0.15, 0.2) is 17.6 Å². The van der Waals surface area contributed by atoms with E-state index in [9.17, 15) is 14.4 Å². The van der Waals surface area contributed by atoms with Gasteiger partial charge in [-0.2, -0.15) is 0 Å². The fourth-order valence-electron chi connectivity index (χ4n) is 4.94. The molecule has 1 atom stereocenters. The number of rotatable bonds is 12. The van der Waals surface area contributed by atoms with Crippen molar-refractivity contribution in [2.45, 2.75) is 63.9 Å². The topological polar surface area (TPSA) is 124 Å². The van der Waals surface area contributed by atoms with Crippen LogP contribution >= 0.6 is 23.1 Å². The number of nitrogens with zero attached hydrogens (tertiary/aromatic N) is 3. The van der Waals surface area contributed by atoms with Crippen LogP contribution in [0.25, 0.3) is 5.69 Å². The predicted molar refractivity (Wildman–Crippen MR) is 171 cm³/mol. The van der Waals surface area contributed by atoms with E-state index in [1.54, 1.807) is 26.0 Å². The van der Waals surface area contributed by atoms with Gasteiger partial charge >= 0.3 is 5.97 Å². The summed E-state index contributed by atoms with van der Waals surface area (Å²) in [5, 5.41) is 15.1. The number of benzene rings is 2. The van der Waals surface area contributed by atoms with E-state index in [1.165, 1.54) is 23.1 Å². The number of nitrogens with one attached hydrogen (secondary N) is 2. The number of esters is 1. The zero-order valence-corrected chi connectivity index (χ0v) is 26.8. The third kappa shape index (κ3) is 6.97. The number of carbonyl (C=O) groups excluding carboxylic acids is 3. The molecule has 2 aromatic carbocycles. The summed E-state index contributed by atoms with van der Waals surface area (Å²) in [6.45, 7) is 7.83. The summed E-state index contributed by atoms with van der Waals surface area (Å²) in [5.74, 6) is 0.156. The number of carbonyl (C=O) groups is 3. The summed E-state index contributed by atoms with van der Waals surface area (Å²) in [5.41, 5.74) is 4.43. The van der Waals surface area contributed by atoms with Crippen molar-refractivity contribution in [2.24, 2.45) is 0 Å². The summed E-state index contributed by atoms with van der Waals surface area (Å²) in [6, 6.07) is 15.1. The van der Waals surface area contributed by atoms with Crippen molar-refractivity contribution in [1.82, 2.24) is 20.1 Å². The fourth-order valence-corrected chi connectivity index (χ4v) is 7.10. The smallest absolute Gasteiger partial charge is 0.341 e. The molecular weight excluding hydrogens is 599 g/mol. The number of fused-ring (bicyclic) bond motifs is 1. The van der Waals surface area contributed by atoms with Gasteiger partial charge in [0.1, 0.15) is 10.8 Å². The molecule has 44 heavy (non-hydrogen) atoms. The molecule has 0 unspecified atom stereocenters. The van der Waals surface area contributed by atoms with E-state index < -0.39 is 11.2 Å². The third-order valence-electron chi connectivity index (χ3n) is 7.36. The molecule has 0 bridgehead atoms. The lowest BCUT2D eigenvalue weighted by Gasteiger charge is -2.17. The van der Waals surface area contributed by atoms with Crippen molar-refractivity contribution in [3.05, 3.63) is 81.5 Å². The van der Waals surface area contributed by atoms with Crippen molar-refractivity contribution in [2.75, 3.05) is 18.5 Å². The summed E-state index contributed by atoms with van der Waals surface area (Å²) < 4.78 is 12.7. The highest BCUT2D eigenvalue weighted by atomic mass is 32.2. The van der Waals surface area contributed by atoms with Crippen LogP contribution in [0.3, 0.4) is 0 Å². The molecule has 1 aliphatic rings. The molecule has 10 nitrogen and oxygen atoms in total. The number of anilines is 1. The van der Waals surface area contributed by atoms with Crippen LogP contribution in [0.4, 0.5) is 5.00 Å². The number of aryl methyl sites for hydroxylation is 2. The van der Waals surface area contributed by atoms with Crippen LogP contribution in [-0.2, 0) is 33.7 Å². The molecule has 0 saturated carbocycles. The Kier molecular flexibility index (Phi) is 10.0. The number of amides is 2. The average molecular weight is 634 g/mol. The highest BCUT2D eigenvalue weighted by molar-refractivity contribution is 8.00. The van der Waals surface area contributed by atoms with E-state index in [0.29, 0.717) is 27.3 Å². The highest BCUT2D eigenvalue weighted by Gasteiger charge is 2.30. The normalized spacial score (nSPS) is 12.8. The Morgan fingerprint density at radius 2 is 1.86 bits per heavy atom. The Labute approximate surface area is 264 Å². The minimum Gasteiger partial charge on any atom is -0.484 e. The molecule has 12 heteroatoms. The van der Waals surface area contributed by atoms with Gasteiger partial charge in [-0.15, -0.1) is 21.5 Å². The maximum absolute atomic E-state index is 13.5. The standard InChI is InChI=1S/C32H35N5O5S2/c1-5-41-31(40)28-23-14-10-16-25(23)44-30(28)34-29(39)21(4)43-32-36-35-26(37(32)24-15-9-11-19(2)20(24)3)17-33-27(38)18-42-22-12-7-6-8-13-22/h6-9,11-13,15,21H,5,10,14,16-18H2,1-4H3,(H,33,38)(H,34,39)/t21-/m0/s1. The van der Waals surface area contributed by atoms with Gasteiger partial charge < -0.3 is 20.1 Å². The molecule has 0 saturated heterocycles. The van der Waals surface area contributed by atoms with Crippen LogP contribution in [0.2, 0.25) is 0 Å². The average Bonchev–Trinajstić information content (AvgIpc) is 3.72. The molecule has 230 valence electrons. The van der Waals surface area contributed by atoms with Crippen LogP contribution in [0, 0.1) is 13.8 Å². The second-order valence-electron chi connectivity index (χ2n) is 10.4. The number of thiophene rings is 1. The molecule has 2 aromatic heterocycles. The molecule has 1 aliphatic carbocycles. The van der Waals surface area contributed by atoms with E-state index >= 15 is 0 Å². The highest BCUT2D eigenvalue weighted by Crippen LogP contribution is 2.40. The van der Waals surface area contributed by atoms with Gasteiger partial charge in [-0.05, 0) is 81.8 Å². The van der Waals surface area contributed by atoms with E-state index in [0.717, 1.165) is 46.5 Å². The number of para-hydroxylation sites is 1. The number of hydrogen-bond donors (Lipinski definition) is 2. The summed E-state index contributed by atoms with van der Waals surface area (Å²) in [7, 11) is 0. The van der Waals surface area contributed by atoms with Crippen LogP contribution in [0.5, 0.6) is 5.75 Å². The first kappa shape index (κ1) is 31.3. The summed E-state index contributed by atoms with van der Waals surface area (Å²) in [6.07, 6.45) is 2.69. The van der Waals surface area contributed by atoms with E-state index in [4.69, 9.17) is 9.47 Å². The maximum Gasteiger partial charge on any atom is 0.341 e.